The van der Waals surface area contributed by atoms with Crippen LogP contribution in [0.15, 0.2) is 24.3 Å². The molecule has 0 heterocycles. The molecule has 0 aliphatic rings. The highest BCUT2D eigenvalue weighted by Gasteiger charge is 2.24. The molecule has 14 heavy (non-hydrogen) atoms. The quantitative estimate of drug-likeness (QED) is 0.702. The lowest BCUT2D eigenvalue weighted by molar-refractivity contribution is 0.402. The second-order valence-corrected chi connectivity index (χ2v) is 5.91. The topological polar surface area (TPSA) is 0 Å². The lowest BCUT2D eigenvalue weighted by Crippen LogP contribution is -2.15. The second-order valence-electron chi connectivity index (χ2n) is 4.53. The molecule has 0 saturated heterocycles. The molecular formula is C12H17ClS. The fourth-order valence-electron chi connectivity index (χ4n) is 1.63. The van der Waals surface area contributed by atoms with Gasteiger partial charge in [0.15, 0.2) is 0 Å². The summed E-state index contributed by atoms with van der Waals surface area (Å²) >= 11 is 7.76. The van der Waals surface area contributed by atoms with Gasteiger partial charge < -0.3 is 0 Å². The zero-order chi connectivity index (χ0) is 10.8. The first-order valence-electron chi connectivity index (χ1n) is 4.73. The molecule has 0 amide bonds. The number of benzene rings is 1. The summed E-state index contributed by atoms with van der Waals surface area (Å²) in [6.07, 6.45) is 2.16. The maximum absolute atomic E-state index is 5.87. The van der Waals surface area contributed by atoms with Gasteiger partial charge in [-0.25, -0.2) is 0 Å². The Hall–Kier alpha value is -0.140. The van der Waals surface area contributed by atoms with Gasteiger partial charge in [0.1, 0.15) is 0 Å². The summed E-state index contributed by atoms with van der Waals surface area (Å²) in [7, 11) is 0. The second kappa shape index (κ2) is 4.59. The highest BCUT2D eigenvalue weighted by Crippen LogP contribution is 2.42. The minimum atomic E-state index is 0.285. The van der Waals surface area contributed by atoms with Crippen molar-refractivity contribution in [2.24, 2.45) is 5.41 Å². The van der Waals surface area contributed by atoms with Crippen molar-refractivity contribution in [1.29, 1.82) is 0 Å². The molecule has 0 aliphatic heterocycles. The molecule has 2 heteroatoms. The Morgan fingerprint density at radius 3 is 2.00 bits per heavy atom. The third-order valence-electron chi connectivity index (χ3n) is 2.20. The van der Waals surface area contributed by atoms with Gasteiger partial charge in [0, 0.05) is 10.3 Å². The molecule has 0 N–H and O–H groups in total. The maximum atomic E-state index is 5.87. The average molecular weight is 229 g/mol. The largest absolute Gasteiger partial charge is 0.157 e. The molecule has 1 atom stereocenters. The van der Waals surface area contributed by atoms with E-state index in [1.54, 1.807) is 0 Å². The van der Waals surface area contributed by atoms with E-state index in [1.807, 2.05) is 23.9 Å². The van der Waals surface area contributed by atoms with E-state index in [2.05, 4.69) is 39.2 Å². The summed E-state index contributed by atoms with van der Waals surface area (Å²) in [5.74, 6) is 0. The van der Waals surface area contributed by atoms with Crippen molar-refractivity contribution in [2.75, 3.05) is 6.26 Å². The van der Waals surface area contributed by atoms with E-state index in [4.69, 9.17) is 11.6 Å². The average Bonchev–Trinajstić information content (AvgIpc) is 2.07. The molecule has 0 aromatic heterocycles. The third-order valence-corrected chi connectivity index (χ3v) is 3.90. The number of hydrogen-bond donors (Lipinski definition) is 0. The first-order valence-corrected chi connectivity index (χ1v) is 6.40. The van der Waals surface area contributed by atoms with Crippen LogP contribution in [0.1, 0.15) is 31.6 Å². The summed E-state index contributed by atoms with van der Waals surface area (Å²) in [6.45, 7) is 6.80. The lowest BCUT2D eigenvalue weighted by atomic mass is 9.87. The Morgan fingerprint density at radius 2 is 1.64 bits per heavy atom. The summed E-state index contributed by atoms with van der Waals surface area (Å²) in [6, 6.07) is 8.17. The van der Waals surface area contributed by atoms with Crippen molar-refractivity contribution in [3.05, 3.63) is 34.9 Å². The van der Waals surface area contributed by atoms with Gasteiger partial charge in [0.05, 0.1) is 0 Å². The summed E-state index contributed by atoms with van der Waals surface area (Å²) in [5.41, 5.74) is 1.64. The van der Waals surface area contributed by atoms with Crippen LogP contribution in [-0.4, -0.2) is 6.26 Å². The van der Waals surface area contributed by atoms with Gasteiger partial charge in [-0.1, -0.05) is 44.5 Å². The van der Waals surface area contributed by atoms with E-state index in [9.17, 15) is 0 Å². The van der Waals surface area contributed by atoms with E-state index < -0.39 is 0 Å². The van der Waals surface area contributed by atoms with Crippen molar-refractivity contribution < 1.29 is 0 Å². The SMILES string of the molecule is CSC(c1ccc(Cl)cc1)C(C)(C)C. The summed E-state index contributed by atoms with van der Waals surface area (Å²) in [5, 5.41) is 1.34. The van der Waals surface area contributed by atoms with Crippen molar-refractivity contribution in [3.63, 3.8) is 0 Å². The highest BCUT2D eigenvalue weighted by atomic mass is 35.5. The third kappa shape index (κ3) is 2.93. The molecule has 1 rings (SSSR count). The Balaban J connectivity index is 2.96. The standard InChI is InChI=1S/C12H17ClS/c1-12(2,3)11(14-4)9-5-7-10(13)8-6-9/h5-8,11H,1-4H3. The van der Waals surface area contributed by atoms with Crippen LogP contribution in [0.3, 0.4) is 0 Å². The zero-order valence-electron chi connectivity index (χ0n) is 9.17. The van der Waals surface area contributed by atoms with Crippen LogP contribution in [0, 0.1) is 5.41 Å². The van der Waals surface area contributed by atoms with Gasteiger partial charge in [0.25, 0.3) is 0 Å². The van der Waals surface area contributed by atoms with E-state index >= 15 is 0 Å². The van der Waals surface area contributed by atoms with Crippen LogP contribution < -0.4 is 0 Å². The molecule has 0 aliphatic carbocycles. The molecule has 0 fully saturated rings. The number of hydrogen-bond acceptors (Lipinski definition) is 1. The van der Waals surface area contributed by atoms with Crippen LogP contribution in [0.4, 0.5) is 0 Å². The summed E-state index contributed by atoms with van der Waals surface area (Å²) in [4.78, 5) is 0. The van der Waals surface area contributed by atoms with Gasteiger partial charge in [0.2, 0.25) is 0 Å². The van der Waals surface area contributed by atoms with E-state index in [0.29, 0.717) is 5.25 Å². The van der Waals surface area contributed by atoms with Crippen LogP contribution >= 0.6 is 23.4 Å². The van der Waals surface area contributed by atoms with Crippen LogP contribution in [0.25, 0.3) is 0 Å². The first-order chi connectivity index (χ1) is 6.45. The fourth-order valence-corrected chi connectivity index (χ4v) is 2.89. The Kier molecular flexibility index (Phi) is 3.91. The number of halogens is 1. The number of thioether (sulfide) groups is 1. The van der Waals surface area contributed by atoms with Gasteiger partial charge in [-0.2, -0.15) is 11.8 Å². The van der Waals surface area contributed by atoms with E-state index in [1.165, 1.54) is 5.56 Å². The zero-order valence-corrected chi connectivity index (χ0v) is 10.7. The monoisotopic (exact) mass is 228 g/mol. The van der Waals surface area contributed by atoms with Crippen LogP contribution in [0.2, 0.25) is 5.02 Å². The maximum Gasteiger partial charge on any atom is 0.0406 e. The molecule has 0 spiro atoms. The van der Waals surface area contributed by atoms with E-state index in [0.717, 1.165) is 5.02 Å². The minimum absolute atomic E-state index is 0.285. The van der Waals surface area contributed by atoms with Gasteiger partial charge >= 0.3 is 0 Å². The molecule has 78 valence electrons. The van der Waals surface area contributed by atoms with E-state index in [-0.39, 0.29) is 5.41 Å². The number of rotatable bonds is 2. The van der Waals surface area contributed by atoms with Crippen LogP contribution in [-0.2, 0) is 0 Å². The smallest absolute Gasteiger partial charge is 0.0406 e. The van der Waals surface area contributed by atoms with Gasteiger partial charge in [-0.05, 0) is 29.4 Å². The van der Waals surface area contributed by atoms with Crippen molar-refractivity contribution >= 4 is 23.4 Å². The van der Waals surface area contributed by atoms with Gasteiger partial charge in [-0.15, -0.1) is 0 Å². The molecule has 0 nitrogen and oxygen atoms in total. The molecule has 0 saturated carbocycles. The minimum Gasteiger partial charge on any atom is -0.157 e. The predicted octanol–water partition coefficient (Wildman–Crippen LogP) is 4.79. The predicted molar refractivity (Wildman–Crippen MR) is 67.2 cm³/mol. The molecular weight excluding hydrogens is 212 g/mol. The first kappa shape index (κ1) is 11.9. The van der Waals surface area contributed by atoms with Crippen LogP contribution in [0.5, 0.6) is 0 Å². The van der Waals surface area contributed by atoms with Crippen molar-refractivity contribution in [2.45, 2.75) is 26.0 Å². The molecule has 1 aromatic rings. The molecule has 0 bridgehead atoms. The van der Waals surface area contributed by atoms with Gasteiger partial charge in [-0.3, -0.25) is 0 Å². The molecule has 1 unspecified atom stereocenters. The van der Waals surface area contributed by atoms with Crippen molar-refractivity contribution in [1.82, 2.24) is 0 Å². The summed E-state index contributed by atoms with van der Waals surface area (Å²) < 4.78 is 0. The lowest BCUT2D eigenvalue weighted by Gasteiger charge is -2.29. The Labute approximate surface area is 96.0 Å². The normalized spacial score (nSPS) is 14.1. The highest BCUT2D eigenvalue weighted by molar-refractivity contribution is 7.98. The Bertz CT molecular complexity index is 284. The Morgan fingerprint density at radius 1 is 1.14 bits per heavy atom. The molecule has 0 radical (unpaired) electrons. The fraction of sp³-hybridized carbons (Fsp3) is 0.500. The molecule has 1 aromatic carbocycles. The van der Waals surface area contributed by atoms with Crippen molar-refractivity contribution in [3.8, 4) is 0 Å².